The molecular formula is C13H21N3O2S. The fourth-order valence-corrected chi connectivity index (χ4v) is 3.54. The lowest BCUT2D eigenvalue weighted by Gasteiger charge is -2.28. The average Bonchev–Trinajstić information content (AvgIpc) is 2.63. The van der Waals surface area contributed by atoms with E-state index in [1.165, 1.54) is 25.1 Å². The van der Waals surface area contributed by atoms with Gasteiger partial charge in [-0.15, -0.1) is 0 Å². The van der Waals surface area contributed by atoms with Crippen LogP contribution in [-0.4, -0.2) is 25.5 Å². The number of rotatable bonds is 4. The molecule has 5 nitrogen and oxygen atoms in total. The van der Waals surface area contributed by atoms with Crippen molar-refractivity contribution in [2.45, 2.75) is 49.0 Å². The van der Waals surface area contributed by atoms with Crippen molar-refractivity contribution in [2.24, 2.45) is 5.73 Å². The average molecular weight is 283 g/mol. The van der Waals surface area contributed by atoms with E-state index >= 15 is 0 Å². The first-order chi connectivity index (χ1) is 9.02. The van der Waals surface area contributed by atoms with Crippen molar-refractivity contribution in [3.63, 3.8) is 0 Å². The van der Waals surface area contributed by atoms with Crippen LogP contribution in [-0.2, 0) is 10.0 Å². The normalized spacial score (nSPS) is 19.8. The molecule has 0 saturated heterocycles. The Bertz CT molecular complexity index is 494. The monoisotopic (exact) mass is 283 g/mol. The van der Waals surface area contributed by atoms with E-state index in [0.717, 1.165) is 25.7 Å². The minimum atomic E-state index is -3.50. The summed E-state index contributed by atoms with van der Waals surface area (Å²) in [6.07, 6.45) is 9.18. The summed E-state index contributed by atoms with van der Waals surface area (Å²) in [6.45, 7) is 0.296. The molecule has 1 aromatic heterocycles. The van der Waals surface area contributed by atoms with Crippen LogP contribution in [0.15, 0.2) is 29.4 Å². The summed E-state index contributed by atoms with van der Waals surface area (Å²) < 4.78 is 26.8. The molecule has 1 heterocycles. The summed E-state index contributed by atoms with van der Waals surface area (Å²) in [4.78, 5) is 4.01. The third kappa shape index (κ3) is 3.99. The zero-order valence-corrected chi connectivity index (χ0v) is 11.8. The van der Waals surface area contributed by atoms with Crippen LogP contribution in [0, 0.1) is 0 Å². The van der Waals surface area contributed by atoms with Gasteiger partial charge < -0.3 is 5.73 Å². The molecule has 19 heavy (non-hydrogen) atoms. The Morgan fingerprint density at radius 1 is 1.26 bits per heavy atom. The Balaban J connectivity index is 2.01. The molecule has 0 aromatic carbocycles. The van der Waals surface area contributed by atoms with Crippen LogP contribution in [0.1, 0.15) is 38.5 Å². The van der Waals surface area contributed by atoms with Gasteiger partial charge in [-0.25, -0.2) is 13.1 Å². The minimum Gasteiger partial charge on any atom is -0.324 e. The van der Waals surface area contributed by atoms with E-state index in [-0.39, 0.29) is 4.90 Å². The second kappa shape index (κ2) is 5.98. The van der Waals surface area contributed by atoms with Crippen LogP contribution in [0.25, 0.3) is 0 Å². The van der Waals surface area contributed by atoms with Crippen molar-refractivity contribution in [1.82, 2.24) is 9.71 Å². The molecule has 0 atom stereocenters. The number of hydrogen-bond donors (Lipinski definition) is 2. The molecule has 0 spiro atoms. The van der Waals surface area contributed by atoms with Gasteiger partial charge in [0.2, 0.25) is 10.0 Å². The Labute approximate surface area is 114 Å². The molecule has 0 bridgehead atoms. The number of aromatic nitrogens is 1. The Hall–Kier alpha value is -0.980. The van der Waals surface area contributed by atoms with Gasteiger partial charge in [-0.2, -0.15) is 0 Å². The lowest BCUT2D eigenvalue weighted by molar-refractivity contribution is 0.369. The van der Waals surface area contributed by atoms with Crippen molar-refractivity contribution in [3.8, 4) is 0 Å². The van der Waals surface area contributed by atoms with Gasteiger partial charge in [0.05, 0.1) is 0 Å². The molecule has 1 saturated carbocycles. The number of pyridine rings is 1. The van der Waals surface area contributed by atoms with E-state index in [1.54, 1.807) is 12.3 Å². The molecule has 1 fully saturated rings. The number of nitrogens with two attached hydrogens (primary N) is 1. The SMILES string of the molecule is NC1(CNS(=O)(=O)c2cccnc2)CCCCCC1. The van der Waals surface area contributed by atoms with Crippen molar-refractivity contribution < 1.29 is 8.42 Å². The van der Waals surface area contributed by atoms with Crippen LogP contribution in [0.5, 0.6) is 0 Å². The molecule has 0 aliphatic heterocycles. The van der Waals surface area contributed by atoms with Gasteiger partial charge in [-0.05, 0) is 25.0 Å². The first kappa shape index (κ1) is 14.4. The van der Waals surface area contributed by atoms with Gasteiger partial charge in [0.1, 0.15) is 4.90 Å². The largest absolute Gasteiger partial charge is 0.324 e. The molecule has 1 aliphatic carbocycles. The molecule has 3 N–H and O–H groups in total. The zero-order chi connectivity index (χ0) is 13.8. The van der Waals surface area contributed by atoms with Crippen molar-refractivity contribution in [2.75, 3.05) is 6.54 Å². The molecular weight excluding hydrogens is 262 g/mol. The summed E-state index contributed by atoms with van der Waals surface area (Å²) in [6, 6.07) is 3.14. The first-order valence-electron chi connectivity index (χ1n) is 6.70. The molecule has 6 heteroatoms. The summed E-state index contributed by atoms with van der Waals surface area (Å²) in [5, 5.41) is 0. The summed E-state index contributed by atoms with van der Waals surface area (Å²) >= 11 is 0. The summed E-state index contributed by atoms with van der Waals surface area (Å²) in [5.74, 6) is 0. The van der Waals surface area contributed by atoms with E-state index in [9.17, 15) is 8.42 Å². The number of nitrogens with zero attached hydrogens (tertiary/aromatic N) is 1. The van der Waals surface area contributed by atoms with Crippen LogP contribution in [0.3, 0.4) is 0 Å². The zero-order valence-electron chi connectivity index (χ0n) is 11.0. The fraction of sp³-hybridized carbons (Fsp3) is 0.615. The maximum atomic E-state index is 12.1. The van der Waals surface area contributed by atoms with Crippen molar-refractivity contribution in [1.29, 1.82) is 0 Å². The lowest BCUT2D eigenvalue weighted by atomic mass is 9.92. The number of hydrogen-bond acceptors (Lipinski definition) is 4. The molecule has 0 amide bonds. The molecule has 1 aromatic rings. The van der Waals surface area contributed by atoms with E-state index in [4.69, 9.17) is 5.73 Å². The molecule has 106 valence electrons. The third-order valence-corrected chi connectivity index (χ3v) is 5.04. The van der Waals surface area contributed by atoms with E-state index in [1.807, 2.05) is 0 Å². The van der Waals surface area contributed by atoms with E-state index < -0.39 is 15.6 Å². The third-order valence-electron chi connectivity index (χ3n) is 3.66. The topological polar surface area (TPSA) is 85.1 Å². The highest BCUT2D eigenvalue weighted by molar-refractivity contribution is 7.89. The van der Waals surface area contributed by atoms with Gasteiger partial charge in [0, 0.05) is 24.5 Å². The molecule has 2 rings (SSSR count). The summed E-state index contributed by atoms with van der Waals surface area (Å²) in [5.41, 5.74) is 5.89. The van der Waals surface area contributed by atoms with Crippen LogP contribution >= 0.6 is 0 Å². The Kier molecular flexibility index (Phi) is 4.54. The van der Waals surface area contributed by atoms with Gasteiger partial charge in [-0.3, -0.25) is 4.98 Å². The summed E-state index contributed by atoms with van der Waals surface area (Å²) in [7, 11) is -3.50. The Morgan fingerprint density at radius 3 is 2.53 bits per heavy atom. The molecule has 1 aliphatic rings. The first-order valence-corrected chi connectivity index (χ1v) is 8.19. The van der Waals surface area contributed by atoms with Crippen LogP contribution < -0.4 is 10.5 Å². The van der Waals surface area contributed by atoms with E-state index in [2.05, 4.69) is 9.71 Å². The van der Waals surface area contributed by atoms with Gasteiger partial charge in [0.15, 0.2) is 0 Å². The van der Waals surface area contributed by atoms with Gasteiger partial charge in [0.25, 0.3) is 0 Å². The maximum Gasteiger partial charge on any atom is 0.242 e. The number of sulfonamides is 1. The standard InChI is InChI=1S/C13H21N3O2S/c14-13(7-3-1-2-4-8-13)11-16-19(17,18)12-6-5-9-15-10-12/h5-6,9-10,16H,1-4,7-8,11,14H2. The predicted molar refractivity (Wildman–Crippen MR) is 74.0 cm³/mol. The second-order valence-corrected chi connectivity index (χ2v) is 7.06. The predicted octanol–water partition coefficient (Wildman–Crippen LogP) is 1.41. The molecule has 0 unspecified atom stereocenters. The smallest absolute Gasteiger partial charge is 0.242 e. The highest BCUT2D eigenvalue weighted by Gasteiger charge is 2.28. The van der Waals surface area contributed by atoms with Crippen LogP contribution in [0.2, 0.25) is 0 Å². The van der Waals surface area contributed by atoms with Crippen molar-refractivity contribution in [3.05, 3.63) is 24.5 Å². The van der Waals surface area contributed by atoms with Crippen molar-refractivity contribution >= 4 is 10.0 Å². The fourth-order valence-electron chi connectivity index (χ4n) is 2.44. The number of nitrogens with one attached hydrogen (secondary N) is 1. The highest BCUT2D eigenvalue weighted by Crippen LogP contribution is 2.24. The van der Waals surface area contributed by atoms with Gasteiger partial charge in [-0.1, -0.05) is 25.7 Å². The highest BCUT2D eigenvalue weighted by atomic mass is 32.2. The molecule has 0 radical (unpaired) electrons. The second-order valence-electron chi connectivity index (χ2n) is 5.29. The quantitative estimate of drug-likeness (QED) is 0.818. The maximum absolute atomic E-state index is 12.1. The Morgan fingerprint density at radius 2 is 1.95 bits per heavy atom. The minimum absolute atomic E-state index is 0.187. The van der Waals surface area contributed by atoms with Gasteiger partial charge >= 0.3 is 0 Å². The van der Waals surface area contributed by atoms with E-state index in [0.29, 0.717) is 6.54 Å². The lowest BCUT2D eigenvalue weighted by Crippen LogP contribution is -2.49. The van der Waals surface area contributed by atoms with Crippen LogP contribution in [0.4, 0.5) is 0 Å².